The standard InChI is InChI=1S/C58H79FN9O4.C2H6.K.H2O/c1-12-51(54(69)34-60)68-53-14-13-45(32-48(53)58(8,9)43(7)72-68)36-64-27-25-63(26-28-64)35-44-16-21-66(22-17-44)57(71)47-30-40(4)56(41(5)31-47)46-18-23-65(24-19-46)42(6)38(2)29-39(3)52(15-20-61-10)67-37-49(59)50(62-11)33-55(67)70;1-2;;/h13-15,18,20,29-33,37,42-44,51,62H,1,3,12,16-17,19,21-28,34-36,60H2,2,4-11H3;1-2H3;;1H2/q-1;;+1;/p-1/b38-29+,52-15+,61-20?;;;. The number of piperidine rings is 1. The van der Waals surface area contributed by atoms with Crippen LogP contribution in [0.5, 0.6) is 0 Å². The van der Waals surface area contributed by atoms with Crippen LogP contribution in [0.15, 0.2) is 88.3 Å². The number of hydroxylamine groups is 1. The van der Waals surface area contributed by atoms with E-state index in [0.717, 1.165) is 113 Å². The number of carbonyl (C=O) groups is 2. The van der Waals surface area contributed by atoms with E-state index in [0.29, 0.717) is 23.6 Å². The van der Waals surface area contributed by atoms with E-state index in [9.17, 15) is 18.8 Å². The topological polar surface area (TPSA) is 162 Å². The molecule has 2 aromatic carbocycles. The average molecular weight is 1070 g/mol. The molecule has 3 atom stereocenters. The molecular formula is C60H86FKN9O5-. The van der Waals surface area contributed by atoms with Crippen molar-refractivity contribution in [1.82, 2.24) is 24.2 Å². The summed E-state index contributed by atoms with van der Waals surface area (Å²) in [7, 11) is 3.21. The first-order valence-electron chi connectivity index (χ1n) is 26.9. The number of ketones is 1. The van der Waals surface area contributed by atoms with Gasteiger partial charge in [0.05, 0.1) is 42.0 Å². The minimum Gasteiger partial charge on any atom is -0.870 e. The maximum absolute atomic E-state index is 14.8. The van der Waals surface area contributed by atoms with Crippen molar-refractivity contribution in [2.75, 3.05) is 89.9 Å². The van der Waals surface area contributed by atoms with Crippen molar-refractivity contribution in [3.63, 3.8) is 0 Å². The Labute approximate surface area is 496 Å². The van der Waals surface area contributed by atoms with Gasteiger partial charge >= 0.3 is 51.4 Å². The van der Waals surface area contributed by atoms with Gasteiger partial charge in [0, 0.05) is 109 Å². The SMILES string of the molecule is C=C(/C=C(\C)C(C)N1CC=C(c2c(C)cc(C(=O)N3CCC(CN4CCN(Cc5ccc6c(c5)C(C)(C)C(C)ON6C(C[CH2-])C(=O)CN)CC4)CC3)cc2C)CC1)/C(=C\C=NC)n1cc(F)c(NC)cc1=O.CC.[K+].[OH-]. The van der Waals surface area contributed by atoms with E-state index < -0.39 is 11.9 Å². The number of hydrogen-bond acceptors (Lipinski definition) is 12. The van der Waals surface area contributed by atoms with Crippen LogP contribution in [-0.4, -0.2) is 145 Å². The summed E-state index contributed by atoms with van der Waals surface area (Å²) in [5, 5.41) is 4.48. The summed E-state index contributed by atoms with van der Waals surface area (Å²) in [6, 6.07) is 11.6. The van der Waals surface area contributed by atoms with Gasteiger partial charge in [-0.15, -0.1) is 0 Å². The maximum Gasteiger partial charge on any atom is 1.00 e. The van der Waals surface area contributed by atoms with E-state index >= 15 is 0 Å². The zero-order valence-electron chi connectivity index (χ0n) is 47.8. The molecule has 0 radical (unpaired) electrons. The van der Waals surface area contributed by atoms with E-state index in [4.69, 9.17) is 10.6 Å². The molecular weight excluding hydrogens is 985 g/mol. The number of fused-ring (bicyclic) bond motifs is 1. The first kappa shape index (κ1) is 64.6. The number of amides is 1. The first-order valence-corrected chi connectivity index (χ1v) is 26.9. The molecule has 76 heavy (non-hydrogen) atoms. The van der Waals surface area contributed by atoms with Crippen LogP contribution in [0.1, 0.15) is 112 Å². The van der Waals surface area contributed by atoms with Gasteiger partial charge in [-0.25, -0.2) is 9.45 Å². The van der Waals surface area contributed by atoms with Crippen LogP contribution in [0.4, 0.5) is 15.8 Å². The Balaban J connectivity index is 0.00000308. The van der Waals surface area contributed by atoms with Crippen molar-refractivity contribution in [1.29, 1.82) is 0 Å². The number of aromatic nitrogens is 1. The van der Waals surface area contributed by atoms with Crippen molar-refractivity contribution in [2.45, 2.75) is 118 Å². The fourth-order valence-electron chi connectivity index (χ4n) is 11.0. The number of anilines is 2. The summed E-state index contributed by atoms with van der Waals surface area (Å²) in [5.74, 6) is 0.0808. The van der Waals surface area contributed by atoms with Crippen LogP contribution in [0, 0.1) is 32.5 Å². The number of aliphatic imine (C=N–C) groups is 1. The van der Waals surface area contributed by atoms with Crippen LogP contribution in [-0.2, 0) is 21.6 Å². The van der Waals surface area contributed by atoms with E-state index in [2.05, 4.69) is 128 Å². The second kappa shape index (κ2) is 29.3. The molecule has 0 spiro atoms. The number of Topliss-reactive ketones (excluding diaryl/α,β-unsaturated/α-hetero) is 1. The summed E-state index contributed by atoms with van der Waals surface area (Å²) in [6.45, 7) is 36.4. The molecule has 4 aliphatic heterocycles. The predicted molar refractivity (Wildman–Crippen MR) is 305 cm³/mol. The van der Waals surface area contributed by atoms with Gasteiger partial charge < -0.3 is 33.3 Å². The van der Waals surface area contributed by atoms with Crippen molar-refractivity contribution >= 4 is 40.5 Å². The van der Waals surface area contributed by atoms with Crippen molar-refractivity contribution < 1.29 is 75.7 Å². The number of halogens is 1. The van der Waals surface area contributed by atoms with Crippen LogP contribution in [0.2, 0.25) is 0 Å². The molecule has 1 aromatic heterocycles. The second-order valence-electron chi connectivity index (χ2n) is 20.9. The molecule has 1 amide bonds. The molecule has 410 valence electrons. The van der Waals surface area contributed by atoms with Crippen LogP contribution in [0.3, 0.4) is 0 Å². The Bertz CT molecular complexity index is 2660. The normalized spacial score (nSPS) is 19.6. The smallest absolute Gasteiger partial charge is 0.870 e. The van der Waals surface area contributed by atoms with E-state index in [1.807, 2.05) is 19.9 Å². The van der Waals surface area contributed by atoms with Gasteiger partial charge in [-0.05, 0) is 123 Å². The van der Waals surface area contributed by atoms with Gasteiger partial charge in [-0.1, -0.05) is 64.1 Å². The third kappa shape index (κ3) is 15.1. The zero-order chi connectivity index (χ0) is 54.0. The number of nitrogens with zero attached hydrogens (tertiary/aromatic N) is 7. The Kier molecular flexibility index (Phi) is 24.9. The average Bonchev–Trinajstić information content (AvgIpc) is 3.40. The van der Waals surface area contributed by atoms with Crippen molar-refractivity contribution in [3.8, 4) is 0 Å². The van der Waals surface area contributed by atoms with Crippen LogP contribution in [0.25, 0.3) is 11.3 Å². The number of likely N-dealkylation sites (tertiary alicyclic amines) is 1. The molecule has 0 saturated carbocycles. The monoisotopic (exact) mass is 1070 g/mol. The summed E-state index contributed by atoms with van der Waals surface area (Å²) in [6.07, 6.45) is 11.9. The number of rotatable bonds is 17. The van der Waals surface area contributed by atoms with Crippen molar-refractivity contribution in [2.24, 2.45) is 16.6 Å². The number of aryl methyl sites for hydroxylation is 2. The molecule has 4 N–H and O–H groups in total. The summed E-state index contributed by atoms with van der Waals surface area (Å²) in [5.41, 5.74) is 16.3. The Morgan fingerprint density at radius 1 is 1.03 bits per heavy atom. The van der Waals surface area contributed by atoms with E-state index in [1.165, 1.54) is 39.1 Å². The minimum absolute atomic E-state index is 0. The van der Waals surface area contributed by atoms with Crippen LogP contribution >= 0.6 is 0 Å². The molecule has 2 saturated heterocycles. The summed E-state index contributed by atoms with van der Waals surface area (Å²) >= 11 is 0. The number of nitrogens with one attached hydrogen (secondary N) is 1. The number of nitrogens with two attached hydrogens (primary N) is 1. The number of pyridine rings is 1. The molecule has 4 aliphatic rings. The summed E-state index contributed by atoms with van der Waals surface area (Å²) in [4.78, 5) is 59.8. The minimum atomic E-state index is -0.539. The molecule has 0 bridgehead atoms. The fraction of sp³-hybridized carbons (Fsp3) is 0.517. The number of benzene rings is 2. The Hall–Kier alpha value is -3.91. The number of allylic oxidation sites excluding steroid dienone is 4. The third-order valence-corrected chi connectivity index (χ3v) is 15.9. The van der Waals surface area contributed by atoms with Crippen molar-refractivity contribution in [3.05, 3.63) is 135 Å². The molecule has 14 nitrogen and oxygen atoms in total. The molecule has 3 unspecified atom stereocenters. The van der Waals surface area contributed by atoms with Crippen LogP contribution < -0.4 is 73.1 Å². The molecule has 3 aromatic rings. The Morgan fingerprint density at radius 3 is 2.25 bits per heavy atom. The number of hydrogen-bond donors (Lipinski definition) is 2. The molecule has 0 aliphatic carbocycles. The van der Waals surface area contributed by atoms with Gasteiger partial charge in [0.2, 0.25) is 0 Å². The van der Waals surface area contributed by atoms with Gasteiger partial charge in [-0.3, -0.25) is 38.6 Å². The zero-order valence-corrected chi connectivity index (χ0v) is 51.0. The van der Waals surface area contributed by atoms with Gasteiger partial charge in [0.15, 0.2) is 11.6 Å². The molecule has 2 fully saturated rings. The molecule has 5 heterocycles. The van der Waals surface area contributed by atoms with E-state index in [1.54, 1.807) is 31.4 Å². The van der Waals surface area contributed by atoms with Gasteiger partial charge in [-0.2, -0.15) is 6.42 Å². The number of piperazine rings is 1. The third-order valence-electron chi connectivity index (χ3n) is 15.9. The fourth-order valence-corrected chi connectivity index (χ4v) is 11.0. The second-order valence-corrected chi connectivity index (χ2v) is 20.9. The maximum atomic E-state index is 14.8. The van der Waals surface area contributed by atoms with Gasteiger partial charge in [0.1, 0.15) is 0 Å². The Morgan fingerprint density at radius 2 is 1.67 bits per heavy atom. The first-order chi connectivity index (χ1) is 35.4. The number of carbonyl (C=O) groups excluding carboxylic acids is 2. The summed E-state index contributed by atoms with van der Waals surface area (Å²) < 4.78 is 16.0. The van der Waals surface area contributed by atoms with E-state index in [-0.39, 0.29) is 104 Å². The predicted octanol–water partition coefficient (Wildman–Crippen LogP) is 5.93. The van der Waals surface area contributed by atoms with Gasteiger partial charge in [0.25, 0.3) is 11.5 Å². The molecule has 7 rings (SSSR count). The quantitative estimate of drug-likeness (QED) is 0.0714. The molecule has 16 heteroatoms. The largest absolute Gasteiger partial charge is 1.00 e.